The number of sulfonamides is 1. The van der Waals surface area contributed by atoms with Crippen molar-refractivity contribution in [1.82, 2.24) is 10.0 Å². The molecule has 1 fully saturated rings. The number of para-hydroxylation sites is 1. The molecule has 19 heavy (non-hydrogen) atoms. The van der Waals surface area contributed by atoms with Crippen molar-refractivity contribution in [2.45, 2.75) is 18.2 Å². The van der Waals surface area contributed by atoms with Crippen molar-refractivity contribution in [2.75, 3.05) is 13.1 Å². The average molecular weight is 285 g/mol. The summed E-state index contributed by atoms with van der Waals surface area (Å²) in [7, 11) is -3.57. The van der Waals surface area contributed by atoms with Crippen molar-refractivity contribution in [3.05, 3.63) is 39.9 Å². The van der Waals surface area contributed by atoms with E-state index in [4.69, 9.17) is 0 Å². The molecule has 104 valence electrons. The maximum absolute atomic E-state index is 12.0. The highest BCUT2D eigenvalue weighted by Gasteiger charge is 2.24. The van der Waals surface area contributed by atoms with Crippen molar-refractivity contribution < 1.29 is 13.3 Å². The fourth-order valence-corrected chi connectivity index (χ4v) is 3.51. The molecule has 2 rings (SSSR count). The molecule has 0 unspecified atom stereocenters. The van der Waals surface area contributed by atoms with Gasteiger partial charge in [0.25, 0.3) is 5.69 Å². The first-order valence-corrected chi connectivity index (χ1v) is 7.56. The maximum Gasteiger partial charge on any atom is 0.273 e. The predicted molar refractivity (Wildman–Crippen MR) is 70.1 cm³/mol. The van der Waals surface area contributed by atoms with Crippen LogP contribution in [-0.4, -0.2) is 32.5 Å². The van der Waals surface area contributed by atoms with Crippen LogP contribution in [0.5, 0.6) is 0 Å². The number of nitro benzene ring substituents is 1. The zero-order valence-electron chi connectivity index (χ0n) is 10.2. The third-order valence-electron chi connectivity index (χ3n) is 2.94. The Kier molecular flexibility index (Phi) is 4.13. The minimum Gasteiger partial charge on any atom is -0.315 e. The summed E-state index contributed by atoms with van der Waals surface area (Å²) in [5, 5.41) is 13.9. The van der Waals surface area contributed by atoms with Gasteiger partial charge >= 0.3 is 0 Å². The molecule has 0 saturated carbocycles. The molecule has 1 aliphatic heterocycles. The molecule has 1 aromatic rings. The first-order chi connectivity index (χ1) is 8.98. The van der Waals surface area contributed by atoms with Crippen molar-refractivity contribution in [1.29, 1.82) is 0 Å². The lowest BCUT2D eigenvalue weighted by Gasteiger charge is -2.11. The topological polar surface area (TPSA) is 101 Å². The van der Waals surface area contributed by atoms with Gasteiger partial charge in [0.1, 0.15) is 0 Å². The van der Waals surface area contributed by atoms with Crippen molar-refractivity contribution in [3.63, 3.8) is 0 Å². The van der Waals surface area contributed by atoms with Gasteiger partial charge in [-0.05, 0) is 13.0 Å². The molecular formula is C11H15N3O4S. The summed E-state index contributed by atoms with van der Waals surface area (Å²) in [5.41, 5.74) is 0.0309. The van der Waals surface area contributed by atoms with E-state index >= 15 is 0 Å². The number of hydrogen-bond donors (Lipinski definition) is 2. The van der Waals surface area contributed by atoms with Gasteiger partial charge in [0.2, 0.25) is 10.0 Å². The van der Waals surface area contributed by atoms with E-state index in [1.54, 1.807) is 6.07 Å². The first kappa shape index (κ1) is 13.9. The summed E-state index contributed by atoms with van der Waals surface area (Å²) in [6.07, 6.45) is 0.732. The highest BCUT2D eigenvalue weighted by Crippen LogP contribution is 2.20. The van der Waals surface area contributed by atoms with Gasteiger partial charge in [-0.2, -0.15) is 0 Å². The summed E-state index contributed by atoms with van der Waals surface area (Å²) in [4.78, 5) is 10.3. The van der Waals surface area contributed by atoms with E-state index < -0.39 is 14.9 Å². The van der Waals surface area contributed by atoms with Crippen LogP contribution in [0.4, 0.5) is 5.69 Å². The lowest BCUT2D eigenvalue weighted by atomic mass is 10.2. The van der Waals surface area contributed by atoms with Crippen molar-refractivity contribution >= 4 is 15.7 Å². The van der Waals surface area contributed by atoms with Crippen LogP contribution in [0.3, 0.4) is 0 Å². The Morgan fingerprint density at radius 2 is 2.16 bits per heavy atom. The normalized spacial score (nSPS) is 19.5. The minimum absolute atomic E-state index is 0.132. The number of hydrogen-bond acceptors (Lipinski definition) is 5. The van der Waals surface area contributed by atoms with E-state index in [0.717, 1.165) is 13.0 Å². The standard InChI is InChI=1S/C11H15N3O4S/c15-14(16)11-4-2-1-3-9(11)8-19(17,18)13-10-5-6-12-7-10/h1-4,10,12-13H,5-8H2/t10-/m1/s1. The average Bonchev–Trinajstić information content (AvgIpc) is 2.80. The van der Waals surface area contributed by atoms with Crippen LogP contribution in [0.25, 0.3) is 0 Å². The van der Waals surface area contributed by atoms with Crippen LogP contribution in [0.2, 0.25) is 0 Å². The van der Waals surface area contributed by atoms with E-state index in [0.29, 0.717) is 6.54 Å². The Labute approximate surface area is 111 Å². The Hall–Kier alpha value is -1.51. The molecule has 1 aromatic carbocycles. The molecule has 0 radical (unpaired) electrons. The summed E-state index contributed by atoms with van der Waals surface area (Å²) in [6.45, 7) is 1.37. The minimum atomic E-state index is -3.57. The molecule has 1 aliphatic rings. The van der Waals surface area contributed by atoms with E-state index in [9.17, 15) is 18.5 Å². The molecule has 0 spiro atoms. The van der Waals surface area contributed by atoms with Gasteiger partial charge in [0.15, 0.2) is 0 Å². The van der Waals surface area contributed by atoms with Crippen LogP contribution in [0, 0.1) is 10.1 Å². The molecule has 0 amide bonds. The molecule has 0 aromatic heterocycles. The molecule has 0 aliphatic carbocycles. The quantitative estimate of drug-likeness (QED) is 0.601. The number of nitrogens with zero attached hydrogens (tertiary/aromatic N) is 1. The Morgan fingerprint density at radius 3 is 2.79 bits per heavy atom. The number of rotatable bonds is 5. The highest BCUT2D eigenvalue weighted by molar-refractivity contribution is 7.88. The largest absolute Gasteiger partial charge is 0.315 e. The van der Waals surface area contributed by atoms with Gasteiger partial charge in [-0.25, -0.2) is 13.1 Å². The molecular weight excluding hydrogens is 270 g/mol. The number of nitrogens with one attached hydrogen (secondary N) is 2. The third-order valence-corrected chi connectivity index (χ3v) is 4.32. The molecule has 1 atom stereocenters. The van der Waals surface area contributed by atoms with Crippen LogP contribution < -0.4 is 10.0 Å². The second kappa shape index (κ2) is 5.64. The van der Waals surface area contributed by atoms with Crippen molar-refractivity contribution in [3.8, 4) is 0 Å². The summed E-state index contributed by atoms with van der Waals surface area (Å²) in [6, 6.07) is 5.75. The van der Waals surface area contributed by atoms with Crippen LogP contribution in [0.15, 0.2) is 24.3 Å². The zero-order chi connectivity index (χ0) is 13.9. The van der Waals surface area contributed by atoms with Crippen LogP contribution in [-0.2, 0) is 15.8 Å². The fourth-order valence-electron chi connectivity index (χ4n) is 2.07. The van der Waals surface area contributed by atoms with Crippen molar-refractivity contribution in [2.24, 2.45) is 0 Å². The second-order valence-corrected chi connectivity index (χ2v) is 6.21. The zero-order valence-corrected chi connectivity index (χ0v) is 11.0. The third kappa shape index (κ3) is 3.72. The van der Waals surface area contributed by atoms with Gasteiger partial charge < -0.3 is 5.32 Å². The van der Waals surface area contributed by atoms with Gasteiger partial charge in [0.05, 0.1) is 10.7 Å². The SMILES string of the molecule is O=[N+]([O-])c1ccccc1CS(=O)(=O)N[C@@H]1CCNC1. The lowest BCUT2D eigenvalue weighted by Crippen LogP contribution is -2.37. The smallest absolute Gasteiger partial charge is 0.273 e. The van der Waals surface area contributed by atoms with E-state index in [1.807, 2.05) is 0 Å². The number of benzene rings is 1. The lowest BCUT2D eigenvalue weighted by molar-refractivity contribution is -0.385. The van der Waals surface area contributed by atoms with Gasteiger partial charge in [-0.3, -0.25) is 10.1 Å². The molecule has 7 nitrogen and oxygen atoms in total. The van der Waals surface area contributed by atoms with E-state index in [2.05, 4.69) is 10.0 Å². The highest BCUT2D eigenvalue weighted by atomic mass is 32.2. The Morgan fingerprint density at radius 1 is 1.42 bits per heavy atom. The van der Waals surface area contributed by atoms with E-state index in [1.165, 1.54) is 18.2 Å². The summed E-state index contributed by atoms with van der Waals surface area (Å²) in [5.74, 6) is -0.374. The fraction of sp³-hybridized carbons (Fsp3) is 0.455. The molecule has 8 heteroatoms. The first-order valence-electron chi connectivity index (χ1n) is 5.91. The maximum atomic E-state index is 12.0. The Balaban J connectivity index is 2.13. The Bertz CT molecular complexity index is 567. The predicted octanol–water partition coefficient (Wildman–Crippen LogP) is 0.376. The van der Waals surface area contributed by atoms with Crippen LogP contribution >= 0.6 is 0 Å². The molecule has 1 saturated heterocycles. The number of nitro groups is 1. The molecule has 0 bridgehead atoms. The summed E-state index contributed by atoms with van der Waals surface area (Å²) < 4.78 is 26.5. The monoisotopic (exact) mass is 285 g/mol. The van der Waals surface area contributed by atoms with E-state index in [-0.39, 0.29) is 23.0 Å². The second-order valence-electron chi connectivity index (χ2n) is 4.45. The molecule has 2 N–H and O–H groups in total. The van der Waals surface area contributed by atoms with Gasteiger partial charge in [0, 0.05) is 24.2 Å². The van der Waals surface area contributed by atoms with Gasteiger partial charge in [-0.15, -0.1) is 0 Å². The molecule has 1 heterocycles. The van der Waals surface area contributed by atoms with Gasteiger partial charge in [-0.1, -0.05) is 18.2 Å². The van der Waals surface area contributed by atoms with Crippen LogP contribution in [0.1, 0.15) is 12.0 Å². The summed E-state index contributed by atoms with van der Waals surface area (Å²) >= 11 is 0.